The Hall–Kier alpha value is -3.32. The van der Waals surface area contributed by atoms with Crippen molar-refractivity contribution in [2.24, 2.45) is 0 Å². The van der Waals surface area contributed by atoms with Crippen LogP contribution in [0, 0.1) is 17.1 Å². The van der Waals surface area contributed by atoms with E-state index in [0.717, 1.165) is 17.1 Å². The summed E-state index contributed by atoms with van der Waals surface area (Å²) in [5.41, 5.74) is 4.21. The molecule has 0 unspecified atom stereocenters. The molecule has 1 heterocycles. The van der Waals surface area contributed by atoms with Gasteiger partial charge in [0.25, 0.3) is 0 Å². The van der Waals surface area contributed by atoms with Gasteiger partial charge in [-0.1, -0.05) is 12.1 Å². The summed E-state index contributed by atoms with van der Waals surface area (Å²) in [7, 11) is 4.00. The van der Waals surface area contributed by atoms with Gasteiger partial charge in [-0.15, -0.1) is 0 Å². The fourth-order valence-corrected chi connectivity index (χ4v) is 2.62. The summed E-state index contributed by atoms with van der Waals surface area (Å²) in [6, 6.07) is 20.2. The Morgan fingerprint density at radius 2 is 1.72 bits per heavy atom. The zero-order valence-electron chi connectivity index (χ0n) is 14.1. The van der Waals surface area contributed by atoms with E-state index in [2.05, 4.69) is 6.07 Å². The normalized spacial score (nSPS) is 11.2. The van der Waals surface area contributed by atoms with Gasteiger partial charge in [0.15, 0.2) is 0 Å². The molecule has 3 nitrogen and oxygen atoms in total. The highest BCUT2D eigenvalue weighted by atomic mass is 19.1. The van der Waals surface area contributed by atoms with Crippen LogP contribution in [0.2, 0.25) is 0 Å². The molecule has 4 heteroatoms. The second-order valence-corrected chi connectivity index (χ2v) is 5.89. The Morgan fingerprint density at radius 3 is 2.32 bits per heavy atom. The number of hydrogen-bond donors (Lipinski definition) is 0. The Morgan fingerprint density at radius 1 is 1.04 bits per heavy atom. The summed E-state index contributed by atoms with van der Waals surface area (Å²) < 4.78 is 15.1. The molecule has 0 radical (unpaired) electrons. The molecule has 0 bridgehead atoms. The first-order valence-corrected chi connectivity index (χ1v) is 7.91. The minimum Gasteiger partial charge on any atom is -0.378 e. The second-order valence-electron chi connectivity index (χ2n) is 5.89. The fourth-order valence-electron chi connectivity index (χ4n) is 2.62. The Labute approximate surface area is 146 Å². The first-order valence-electron chi connectivity index (χ1n) is 7.91. The van der Waals surface area contributed by atoms with Crippen LogP contribution in [0.25, 0.3) is 17.3 Å². The molecule has 3 rings (SSSR count). The molecule has 0 N–H and O–H groups in total. The number of benzene rings is 2. The Balaban J connectivity index is 1.98. The maximum atomic E-state index is 13.1. The molecular formula is C21H18FN3. The molecule has 2 aromatic carbocycles. The molecule has 0 aliphatic heterocycles. The maximum Gasteiger partial charge on any atom is 0.123 e. The van der Waals surface area contributed by atoms with E-state index in [9.17, 15) is 9.65 Å². The van der Waals surface area contributed by atoms with E-state index >= 15 is 0 Å². The van der Waals surface area contributed by atoms with Crippen molar-refractivity contribution >= 4 is 17.3 Å². The SMILES string of the molecule is CN(C)c1ccc(-n2cccc2/C=C(\C#N)c2ccc(F)cc2)cc1. The first-order chi connectivity index (χ1) is 12.1. The third kappa shape index (κ3) is 3.61. The van der Waals surface area contributed by atoms with Crippen LogP contribution < -0.4 is 4.90 Å². The number of rotatable bonds is 4. The molecular weight excluding hydrogens is 313 g/mol. The molecule has 0 atom stereocenters. The molecule has 0 amide bonds. The molecule has 0 spiro atoms. The van der Waals surface area contributed by atoms with Crippen molar-refractivity contribution in [2.45, 2.75) is 0 Å². The monoisotopic (exact) mass is 331 g/mol. The van der Waals surface area contributed by atoms with E-state index in [4.69, 9.17) is 0 Å². The van der Waals surface area contributed by atoms with E-state index in [0.29, 0.717) is 11.1 Å². The van der Waals surface area contributed by atoms with Crippen LogP contribution in [0.15, 0.2) is 66.9 Å². The zero-order chi connectivity index (χ0) is 17.8. The highest BCUT2D eigenvalue weighted by Gasteiger charge is 2.06. The molecule has 0 aliphatic rings. The summed E-state index contributed by atoms with van der Waals surface area (Å²) in [5, 5.41) is 9.48. The second kappa shape index (κ2) is 7.06. The van der Waals surface area contributed by atoms with Crippen LogP contribution in [0.3, 0.4) is 0 Å². The largest absolute Gasteiger partial charge is 0.378 e. The van der Waals surface area contributed by atoms with E-state index in [1.807, 2.05) is 72.2 Å². The fraction of sp³-hybridized carbons (Fsp3) is 0.0952. The predicted octanol–water partition coefficient (Wildman–Crippen LogP) is 4.75. The van der Waals surface area contributed by atoms with Gasteiger partial charge in [-0.25, -0.2) is 4.39 Å². The molecule has 3 aromatic rings. The lowest BCUT2D eigenvalue weighted by Gasteiger charge is -2.14. The third-order valence-corrected chi connectivity index (χ3v) is 3.99. The third-order valence-electron chi connectivity index (χ3n) is 3.99. The minimum atomic E-state index is -0.314. The van der Waals surface area contributed by atoms with Gasteiger partial charge in [0, 0.05) is 37.4 Å². The van der Waals surface area contributed by atoms with Gasteiger partial charge in [-0.05, 0) is 60.2 Å². The summed E-state index contributed by atoms with van der Waals surface area (Å²) in [5.74, 6) is -0.314. The average molecular weight is 331 g/mol. The van der Waals surface area contributed by atoms with Gasteiger partial charge < -0.3 is 9.47 Å². The van der Waals surface area contributed by atoms with Crippen LogP contribution in [0.1, 0.15) is 11.3 Å². The van der Waals surface area contributed by atoms with Crippen molar-refractivity contribution in [3.8, 4) is 11.8 Å². The molecule has 1 aromatic heterocycles. The average Bonchev–Trinajstić information content (AvgIpc) is 3.09. The van der Waals surface area contributed by atoms with E-state index < -0.39 is 0 Å². The van der Waals surface area contributed by atoms with Gasteiger partial charge in [0.1, 0.15) is 5.82 Å². The minimum absolute atomic E-state index is 0.314. The van der Waals surface area contributed by atoms with Crippen LogP contribution in [0.5, 0.6) is 0 Å². The van der Waals surface area contributed by atoms with Crippen molar-refractivity contribution in [3.05, 3.63) is 83.9 Å². The van der Waals surface area contributed by atoms with Crippen molar-refractivity contribution < 1.29 is 4.39 Å². The van der Waals surface area contributed by atoms with Gasteiger partial charge >= 0.3 is 0 Å². The number of nitrogens with zero attached hydrogens (tertiary/aromatic N) is 3. The predicted molar refractivity (Wildman–Crippen MR) is 100.0 cm³/mol. The molecule has 0 aliphatic carbocycles. The molecule has 0 saturated carbocycles. The number of hydrogen-bond acceptors (Lipinski definition) is 2. The van der Waals surface area contributed by atoms with Crippen molar-refractivity contribution in [1.29, 1.82) is 5.26 Å². The molecule has 25 heavy (non-hydrogen) atoms. The Kier molecular flexibility index (Phi) is 4.67. The lowest BCUT2D eigenvalue weighted by atomic mass is 10.1. The van der Waals surface area contributed by atoms with Gasteiger partial charge in [0.05, 0.1) is 11.6 Å². The van der Waals surface area contributed by atoms with E-state index in [1.54, 1.807) is 12.1 Å². The van der Waals surface area contributed by atoms with E-state index in [1.165, 1.54) is 12.1 Å². The van der Waals surface area contributed by atoms with Crippen LogP contribution >= 0.6 is 0 Å². The van der Waals surface area contributed by atoms with Crippen molar-refractivity contribution in [2.75, 3.05) is 19.0 Å². The number of nitriles is 1. The van der Waals surface area contributed by atoms with Gasteiger partial charge in [0.2, 0.25) is 0 Å². The molecule has 124 valence electrons. The topological polar surface area (TPSA) is 32.0 Å². The standard InChI is InChI=1S/C21H18FN3/c1-24(2)19-9-11-20(12-10-19)25-13-3-4-21(25)14-17(15-23)16-5-7-18(22)8-6-16/h3-14H,1-2H3/b17-14+. The quantitative estimate of drug-likeness (QED) is 0.646. The number of allylic oxidation sites excluding steroid dienone is 1. The summed E-state index contributed by atoms with van der Waals surface area (Å²) >= 11 is 0. The lowest BCUT2D eigenvalue weighted by Crippen LogP contribution is -2.08. The van der Waals surface area contributed by atoms with Crippen molar-refractivity contribution in [1.82, 2.24) is 4.57 Å². The maximum absolute atomic E-state index is 13.1. The Bertz CT molecular complexity index is 927. The summed E-state index contributed by atoms with van der Waals surface area (Å²) in [4.78, 5) is 2.04. The lowest BCUT2D eigenvalue weighted by molar-refractivity contribution is 0.627. The van der Waals surface area contributed by atoms with Crippen LogP contribution in [0.4, 0.5) is 10.1 Å². The van der Waals surface area contributed by atoms with Gasteiger partial charge in [-0.3, -0.25) is 0 Å². The van der Waals surface area contributed by atoms with Gasteiger partial charge in [-0.2, -0.15) is 5.26 Å². The number of halogens is 1. The molecule has 0 saturated heterocycles. The highest BCUT2D eigenvalue weighted by molar-refractivity contribution is 5.89. The zero-order valence-corrected chi connectivity index (χ0v) is 14.1. The summed E-state index contributed by atoms with van der Waals surface area (Å²) in [6.07, 6.45) is 3.77. The van der Waals surface area contributed by atoms with Crippen LogP contribution in [-0.2, 0) is 0 Å². The molecule has 0 fully saturated rings. The number of anilines is 1. The highest BCUT2D eigenvalue weighted by Crippen LogP contribution is 2.22. The number of aromatic nitrogens is 1. The van der Waals surface area contributed by atoms with E-state index in [-0.39, 0.29) is 5.82 Å². The first kappa shape index (κ1) is 16.5. The summed E-state index contributed by atoms with van der Waals surface area (Å²) in [6.45, 7) is 0. The van der Waals surface area contributed by atoms with Crippen molar-refractivity contribution in [3.63, 3.8) is 0 Å². The van der Waals surface area contributed by atoms with Crippen LogP contribution in [-0.4, -0.2) is 18.7 Å². The smallest absolute Gasteiger partial charge is 0.123 e.